The van der Waals surface area contributed by atoms with Gasteiger partial charge in [0.2, 0.25) is 0 Å². The Morgan fingerprint density at radius 3 is 2.50 bits per heavy atom. The summed E-state index contributed by atoms with van der Waals surface area (Å²) in [6.45, 7) is 4.76. The maximum absolute atomic E-state index is 12.8. The van der Waals surface area contributed by atoms with Crippen LogP contribution in [0, 0.1) is 18.2 Å². The van der Waals surface area contributed by atoms with Gasteiger partial charge in [0, 0.05) is 11.4 Å². The van der Waals surface area contributed by atoms with E-state index in [1.165, 1.54) is 23.5 Å². The summed E-state index contributed by atoms with van der Waals surface area (Å²) in [5, 5.41) is 7.83. The number of benzene rings is 1. The zero-order valence-corrected chi connectivity index (χ0v) is 10.1. The maximum Gasteiger partial charge on any atom is 0.182 e. The number of rotatable bonds is 2. The molecule has 84 valence electrons. The van der Waals surface area contributed by atoms with Crippen LogP contribution in [-0.4, -0.2) is 4.57 Å². The lowest BCUT2D eigenvalue weighted by molar-refractivity contribution is 0.628. The van der Waals surface area contributed by atoms with Crippen molar-refractivity contribution in [2.75, 3.05) is 0 Å². The Labute approximate surface area is 97.5 Å². The van der Waals surface area contributed by atoms with Crippen molar-refractivity contribution in [2.45, 2.75) is 20.4 Å². The quantitative estimate of drug-likeness (QED) is 0.830. The molecule has 1 heterocycles. The molecule has 0 unspecified atom stereocenters. The molecule has 1 aromatic carbocycles. The van der Waals surface area contributed by atoms with Gasteiger partial charge in [-0.3, -0.25) is 5.41 Å². The molecule has 1 aromatic heterocycles. The second-order valence-corrected chi connectivity index (χ2v) is 4.77. The zero-order valence-electron chi connectivity index (χ0n) is 9.25. The van der Waals surface area contributed by atoms with Crippen LogP contribution < -0.4 is 4.80 Å². The number of hydrogen-bond donors (Lipinski definition) is 1. The van der Waals surface area contributed by atoms with Crippen LogP contribution in [-0.2, 0) is 6.54 Å². The Hall–Kier alpha value is -1.42. The SMILES string of the molecule is CCn1c(-c2ccc(F)cc2)c(C)sc1=N. The summed E-state index contributed by atoms with van der Waals surface area (Å²) in [7, 11) is 0. The van der Waals surface area contributed by atoms with Crippen LogP contribution in [0.4, 0.5) is 4.39 Å². The lowest BCUT2D eigenvalue weighted by Crippen LogP contribution is -2.12. The molecule has 0 amide bonds. The van der Waals surface area contributed by atoms with Crippen LogP contribution in [0.1, 0.15) is 11.8 Å². The van der Waals surface area contributed by atoms with E-state index < -0.39 is 0 Å². The van der Waals surface area contributed by atoms with Crippen molar-refractivity contribution >= 4 is 11.3 Å². The lowest BCUT2D eigenvalue weighted by Gasteiger charge is -2.07. The predicted octanol–water partition coefficient (Wildman–Crippen LogP) is 3.16. The summed E-state index contributed by atoms with van der Waals surface area (Å²) in [5.74, 6) is -0.231. The highest BCUT2D eigenvalue weighted by Crippen LogP contribution is 2.25. The molecule has 2 rings (SSSR count). The van der Waals surface area contributed by atoms with Gasteiger partial charge in [0.25, 0.3) is 0 Å². The fourth-order valence-electron chi connectivity index (χ4n) is 1.81. The molecule has 0 radical (unpaired) electrons. The van der Waals surface area contributed by atoms with Gasteiger partial charge in [-0.05, 0) is 43.7 Å². The molecule has 0 aliphatic heterocycles. The van der Waals surface area contributed by atoms with Gasteiger partial charge < -0.3 is 4.57 Å². The van der Waals surface area contributed by atoms with Crippen molar-refractivity contribution in [1.29, 1.82) is 5.41 Å². The summed E-state index contributed by atoms with van der Waals surface area (Å²) in [6, 6.07) is 6.43. The molecule has 0 aliphatic carbocycles. The van der Waals surface area contributed by atoms with E-state index in [1.54, 1.807) is 12.1 Å². The van der Waals surface area contributed by atoms with E-state index in [0.29, 0.717) is 4.80 Å². The summed E-state index contributed by atoms with van der Waals surface area (Å²) in [4.78, 5) is 1.64. The molecular formula is C12H13FN2S. The van der Waals surface area contributed by atoms with Crippen LogP contribution in [0.15, 0.2) is 24.3 Å². The molecule has 1 N–H and O–H groups in total. The predicted molar refractivity (Wildman–Crippen MR) is 64.0 cm³/mol. The van der Waals surface area contributed by atoms with Gasteiger partial charge >= 0.3 is 0 Å². The van der Waals surface area contributed by atoms with Gasteiger partial charge in [0.15, 0.2) is 4.80 Å². The fourth-order valence-corrected chi connectivity index (χ4v) is 2.75. The Morgan fingerprint density at radius 2 is 1.94 bits per heavy atom. The summed E-state index contributed by atoms with van der Waals surface area (Å²) < 4.78 is 14.8. The van der Waals surface area contributed by atoms with E-state index in [4.69, 9.17) is 5.41 Å². The van der Waals surface area contributed by atoms with Crippen LogP contribution >= 0.6 is 11.3 Å². The van der Waals surface area contributed by atoms with Crippen molar-refractivity contribution in [3.05, 3.63) is 39.8 Å². The van der Waals surface area contributed by atoms with E-state index >= 15 is 0 Å². The first-order chi connectivity index (χ1) is 7.63. The highest BCUT2D eigenvalue weighted by molar-refractivity contribution is 7.09. The summed E-state index contributed by atoms with van der Waals surface area (Å²) >= 11 is 1.46. The van der Waals surface area contributed by atoms with Gasteiger partial charge in [-0.15, -0.1) is 11.3 Å². The van der Waals surface area contributed by atoms with E-state index in [0.717, 1.165) is 22.7 Å². The van der Waals surface area contributed by atoms with E-state index in [1.807, 2.05) is 18.4 Å². The number of hydrogen-bond acceptors (Lipinski definition) is 2. The Morgan fingerprint density at radius 1 is 1.31 bits per heavy atom. The first-order valence-corrected chi connectivity index (χ1v) is 5.96. The normalized spacial score (nSPS) is 10.7. The minimum atomic E-state index is -0.231. The standard InChI is InChI=1S/C12H13FN2S/c1-3-15-11(8(2)16-12(15)14)9-4-6-10(13)7-5-9/h4-7,14H,3H2,1-2H3. The van der Waals surface area contributed by atoms with Crippen molar-refractivity contribution < 1.29 is 4.39 Å². The van der Waals surface area contributed by atoms with Crippen molar-refractivity contribution in [3.8, 4) is 11.3 Å². The lowest BCUT2D eigenvalue weighted by atomic mass is 10.1. The highest BCUT2D eigenvalue weighted by Gasteiger charge is 2.10. The Bertz CT molecular complexity index is 551. The molecule has 0 saturated carbocycles. The molecule has 0 atom stereocenters. The highest BCUT2D eigenvalue weighted by atomic mass is 32.1. The fraction of sp³-hybridized carbons (Fsp3) is 0.250. The van der Waals surface area contributed by atoms with Gasteiger partial charge in [-0.2, -0.15) is 0 Å². The largest absolute Gasteiger partial charge is 0.317 e. The second kappa shape index (κ2) is 4.22. The molecule has 0 fully saturated rings. The number of nitrogens with one attached hydrogen (secondary N) is 1. The summed E-state index contributed by atoms with van der Waals surface area (Å²) in [6.07, 6.45) is 0. The van der Waals surface area contributed by atoms with Gasteiger partial charge in [-0.1, -0.05) is 0 Å². The third-order valence-electron chi connectivity index (χ3n) is 2.53. The summed E-state index contributed by atoms with van der Waals surface area (Å²) in [5.41, 5.74) is 1.99. The smallest absolute Gasteiger partial charge is 0.182 e. The van der Waals surface area contributed by atoms with E-state index in [2.05, 4.69) is 0 Å². The third-order valence-corrected chi connectivity index (χ3v) is 3.45. The average molecular weight is 236 g/mol. The first-order valence-electron chi connectivity index (χ1n) is 5.14. The minimum Gasteiger partial charge on any atom is -0.317 e. The topological polar surface area (TPSA) is 28.8 Å². The molecule has 2 aromatic rings. The average Bonchev–Trinajstić information content (AvgIpc) is 2.54. The van der Waals surface area contributed by atoms with Crippen molar-refractivity contribution in [1.82, 2.24) is 4.57 Å². The molecule has 0 aliphatic rings. The monoisotopic (exact) mass is 236 g/mol. The minimum absolute atomic E-state index is 0.231. The Kier molecular flexibility index (Phi) is 2.92. The molecule has 0 bridgehead atoms. The Balaban J connectivity index is 2.63. The molecule has 4 heteroatoms. The number of aromatic nitrogens is 1. The van der Waals surface area contributed by atoms with Gasteiger partial charge in [0.1, 0.15) is 5.82 Å². The third kappa shape index (κ3) is 1.80. The van der Waals surface area contributed by atoms with E-state index in [-0.39, 0.29) is 5.82 Å². The van der Waals surface area contributed by atoms with Crippen LogP contribution in [0.5, 0.6) is 0 Å². The van der Waals surface area contributed by atoms with Crippen LogP contribution in [0.25, 0.3) is 11.3 Å². The van der Waals surface area contributed by atoms with Crippen LogP contribution in [0.2, 0.25) is 0 Å². The molecular weight excluding hydrogens is 223 g/mol. The van der Waals surface area contributed by atoms with E-state index in [9.17, 15) is 4.39 Å². The molecule has 16 heavy (non-hydrogen) atoms. The number of halogens is 1. The second-order valence-electron chi connectivity index (χ2n) is 3.56. The number of aryl methyl sites for hydroxylation is 1. The van der Waals surface area contributed by atoms with Crippen molar-refractivity contribution in [3.63, 3.8) is 0 Å². The zero-order chi connectivity index (χ0) is 11.7. The maximum atomic E-state index is 12.8. The first kappa shape index (κ1) is 11.1. The molecule has 2 nitrogen and oxygen atoms in total. The van der Waals surface area contributed by atoms with Crippen LogP contribution in [0.3, 0.4) is 0 Å². The number of thiazole rings is 1. The van der Waals surface area contributed by atoms with Gasteiger partial charge in [-0.25, -0.2) is 4.39 Å². The van der Waals surface area contributed by atoms with Gasteiger partial charge in [0.05, 0.1) is 5.69 Å². The molecule has 0 spiro atoms. The number of nitrogens with zero attached hydrogens (tertiary/aromatic N) is 1. The molecule has 0 saturated heterocycles. The van der Waals surface area contributed by atoms with Crippen molar-refractivity contribution in [2.24, 2.45) is 0 Å².